The van der Waals surface area contributed by atoms with Crippen LogP contribution in [-0.2, 0) is 17.9 Å². The zero-order chi connectivity index (χ0) is 20.6. The number of carbonyl (C=O) groups excluding carboxylic acids is 1. The minimum atomic E-state index is -0.105. The van der Waals surface area contributed by atoms with Gasteiger partial charge in [-0.1, -0.05) is 23.4 Å². The van der Waals surface area contributed by atoms with Gasteiger partial charge in [-0.15, -0.1) is 10.2 Å². The van der Waals surface area contributed by atoms with Crippen molar-refractivity contribution < 1.29 is 9.53 Å². The summed E-state index contributed by atoms with van der Waals surface area (Å²) in [7, 11) is 1.60. The summed E-state index contributed by atoms with van der Waals surface area (Å²) in [6.45, 7) is 3.27. The van der Waals surface area contributed by atoms with Gasteiger partial charge in [-0.05, 0) is 55.5 Å². The Balaban J connectivity index is 1.54. The number of carbonyl (C=O) groups is 1. The van der Waals surface area contributed by atoms with Gasteiger partial charge in [0, 0.05) is 22.9 Å². The van der Waals surface area contributed by atoms with Gasteiger partial charge in [-0.3, -0.25) is 4.79 Å². The Kier molecular flexibility index (Phi) is 7.37. The van der Waals surface area contributed by atoms with Gasteiger partial charge in [0.05, 0.1) is 19.4 Å². The van der Waals surface area contributed by atoms with Gasteiger partial charge in [0.15, 0.2) is 11.0 Å². The third-order valence-corrected chi connectivity index (χ3v) is 5.33. The van der Waals surface area contributed by atoms with Gasteiger partial charge in [-0.25, -0.2) is 0 Å². The maximum Gasteiger partial charge on any atom is 0.234 e. The number of halogens is 1. The second-order valence-corrected chi connectivity index (χ2v) is 7.45. The van der Waals surface area contributed by atoms with E-state index < -0.39 is 0 Å². The smallest absolute Gasteiger partial charge is 0.234 e. The van der Waals surface area contributed by atoms with E-state index in [-0.39, 0.29) is 11.7 Å². The number of nitrogens with one attached hydrogen (secondary N) is 2. The van der Waals surface area contributed by atoms with Gasteiger partial charge >= 0.3 is 0 Å². The molecule has 1 amide bonds. The molecule has 2 N–H and O–H groups in total. The molecule has 0 atom stereocenters. The van der Waals surface area contributed by atoms with Crippen molar-refractivity contribution in [2.75, 3.05) is 23.5 Å². The number of rotatable bonds is 9. The Hall–Kier alpha value is -2.71. The standard InChI is InChI=1S/C20H22ClN5O2S/c1-3-26-18(12-22-15-6-4-14(21)5-7-15)24-25-20(26)29-13-19(27)23-16-8-10-17(28-2)11-9-16/h4-11,22H,3,12-13H2,1-2H3,(H,23,27). The monoisotopic (exact) mass is 431 g/mol. The molecule has 0 bridgehead atoms. The highest BCUT2D eigenvalue weighted by Gasteiger charge is 2.13. The first-order chi connectivity index (χ1) is 14.1. The fourth-order valence-electron chi connectivity index (χ4n) is 2.62. The summed E-state index contributed by atoms with van der Waals surface area (Å²) in [5.41, 5.74) is 1.68. The molecule has 0 saturated heterocycles. The van der Waals surface area contributed by atoms with Crippen LogP contribution in [0.15, 0.2) is 53.7 Å². The number of aromatic nitrogens is 3. The molecule has 152 valence electrons. The number of anilines is 2. The van der Waals surface area contributed by atoms with Crippen molar-refractivity contribution >= 4 is 40.6 Å². The summed E-state index contributed by atoms with van der Waals surface area (Å²) in [4.78, 5) is 12.2. The fourth-order valence-corrected chi connectivity index (χ4v) is 3.57. The lowest BCUT2D eigenvalue weighted by atomic mass is 10.3. The average molecular weight is 432 g/mol. The van der Waals surface area contributed by atoms with Crippen molar-refractivity contribution in [3.63, 3.8) is 0 Å². The Morgan fingerprint density at radius 1 is 1.10 bits per heavy atom. The Bertz CT molecular complexity index is 945. The normalized spacial score (nSPS) is 10.6. The van der Waals surface area contributed by atoms with Crippen molar-refractivity contribution in [1.29, 1.82) is 0 Å². The molecule has 29 heavy (non-hydrogen) atoms. The Labute approximate surface area is 178 Å². The van der Waals surface area contributed by atoms with Crippen LogP contribution in [0.2, 0.25) is 5.02 Å². The molecule has 0 aliphatic heterocycles. The van der Waals surface area contributed by atoms with Crippen molar-refractivity contribution in [3.8, 4) is 5.75 Å². The third kappa shape index (κ3) is 5.88. The summed E-state index contributed by atoms with van der Waals surface area (Å²) in [6.07, 6.45) is 0. The van der Waals surface area contributed by atoms with Crippen LogP contribution in [0.1, 0.15) is 12.7 Å². The van der Waals surface area contributed by atoms with Crippen LogP contribution >= 0.6 is 23.4 Å². The molecule has 9 heteroatoms. The Morgan fingerprint density at radius 2 is 1.79 bits per heavy atom. The summed E-state index contributed by atoms with van der Waals surface area (Å²) in [5, 5.41) is 16.1. The van der Waals surface area contributed by atoms with Crippen molar-refractivity contribution in [1.82, 2.24) is 14.8 Å². The molecule has 0 aliphatic rings. The maximum atomic E-state index is 12.2. The lowest BCUT2D eigenvalue weighted by Gasteiger charge is -2.09. The first kappa shape index (κ1) is 21.0. The highest BCUT2D eigenvalue weighted by atomic mass is 35.5. The number of methoxy groups -OCH3 is 1. The fraction of sp³-hybridized carbons (Fsp3) is 0.250. The maximum absolute atomic E-state index is 12.2. The number of nitrogens with zero attached hydrogens (tertiary/aromatic N) is 3. The number of hydrogen-bond donors (Lipinski definition) is 2. The number of benzene rings is 2. The summed E-state index contributed by atoms with van der Waals surface area (Å²) in [5.74, 6) is 1.69. The molecule has 3 aromatic rings. The SMILES string of the molecule is CCn1c(CNc2ccc(Cl)cc2)nnc1SCC(=O)Nc1ccc(OC)cc1. The van der Waals surface area contributed by atoms with Gasteiger partial charge in [0.25, 0.3) is 0 Å². The second kappa shape index (κ2) is 10.2. The van der Waals surface area contributed by atoms with Gasteiger partial charge in [0.2, 0.25) is 5.91 Å². The van der Waals surface area contributed by atoms with E-state index in [1.807, 2.05) is 35.8 Å². The molecule has 3 rings (SSSR count). The zero-order valence-corrected chi connectivity index (χ0v) is 17.8. The second-order valence-electron chi connectivity index (χ2n) is 6.07. The first-order valence-electron chi connectivity index (χ1n) is 9.07. The summed E-state index contributed by atoms with van der Waals surface area (Å²) >= 11 is 7.27. The Morgan fingerprint density at radius 3 is 2.45 bits per heavy atom. The topological polar surface area (TPSA) is 81.1 Å². The largest absolute Gasteiger partial charge is 0.497 e. The highest BCUT2D eigenvalue weighted by Crippen LogP contribution is 2.20. The molecule has 1 aromatic heterocycles. The van der Waals surface area contributed by atoms with Crippen LogP contribution in [0, 0.1) is 0 Å². The number of amides is 1. The van der Waals surface area contributed by atoms with Gasteiger partial charge in [0.1, 0.15) is 5.75 Å². The lowest BCUT2D eigenvalue weighted by Crippen LogP contribution is -2.15. The predicted molar refractivity (Wildman–Crippen MR) is 117 cm³/mol. The molecule has 7 nitrogen and oxygen atoms in total. The van der Waals surface area contributed by atoms with Crippen LogP contribution in [0.3, 0.4) is 0 Å². The van der Waals surface area contributed by atoms with Crippen LogP contribution in [0.25, 0.3) is 0 Å². The van der Waals surface area contributed by atoms with Crippen molar-refractivity contribution in [2.45, 2.75) is 25.2 Å². The van der Waals surface area contributed by atoms with Gasteiger partial charge < -0.3 is 19.9 Å². The average Bonchev–Trinajstić information content (AvgIpc) is 3.14. The number of ether oxygens (including phenoxy) is 1. The minimum Gasteiger partial charge on any atom is -0.497 e. The predicted octanol–water partition coefficient (Wildman–Crippen LogP) is 4.30. The molecule has 0 saturated carbocycles. The van der Waals surface area contributed by atoms with E-state index >= 15 is 0 Å². The van der Waals surface area contributed by atoms with Gasteiger partial charge in [-0.2, -0.15) is 0 Å². The molecular weight excluding hydrogens is 410 g/mol. The van der Waals surface area contributed by atoms with E-state index in [0.29, 0.717) is 23.3 Å². The van der Waals surface area contributed by atoms with Crippen molar-refractivity contribution in [2.24, 2.45) is 0 Å². The minimum absolute atomic E-state index is 0.105. The summed E-state index contributed by atoms with van der Waals surface area (Å²) in [6, 6.07) is 14.7. The lowest BCUT2D eigenvalue weighted by molar-refractivity contribution is -0.113. The van der Waals surface area contributed by atoms with E-state index in [1.54, 1.807) is 31.4 Å². The van der Waals surface area contributed by atoms with Crippen molar-refractivity contribution in [3.05, 3.63) is 59.4 Å². The molecule has 0 radical (unpaired) electrons. The molecule has 1 heterocycles. The van der Waals surface area contributed by atoms with E-state index in [9.17, 15) is 4.79 Å². The quantitative estimate of drug-likeness (QED) is 0.491. The molecule has 0 fully saturated rings. The molecule has 2 aromatic carbocycles. The molecular formula is C20H22ClN5O2S. The first-order valence-corrected chi connectivity index (χ1v) is 10.4. The highest BCUT2D eigenvalue weighted by molar-refractivity contribution is 7.99. The number of thioether (sulfide) groups is 1. The third-order valence-electron chi connectivity index (χ3n) is 4.11. The molecule has 0 aliphatic carbocycles. The van der Waals surface area contributed by atoms with E-state index in [0.717, 1.165) is 22.9 Å². The number of hydrogen-bond acceptors (Lipinski definition) is 6. The zero-order valence-electron chi connectivity index (χ0n) is 16.2. The van der Waals surface area contributed by atoms with Crippen LogP contribution in [-0.4, -0.2) is 33.5 Å². The van der Waals surface area contributed by atoms with E-state index in [2.05, 4.69) is 20.8 Å². The molecule has 0 unspecified atom stereocenters. The van der Waals surface area contributed by atoms with E-state index in [1.165, 1.54) is 11.8 Å². The summed E-state index contributed by atoms with van der Waals surface area (Å²) < 4.78 is 7.11. The van der Waals surface area contributed by atoms with Crippen LogP contribution in [0.4, 0.5) is 11.4 Å². The molecule has 0 spiro atoms. The van der Waals surface area contributed by atoms with E-state index in [4.69, 9.17) is 16.3 Å². The van der Waals surface area contributed by atoms with Crippen LogP contribution < -0.4 is 15.4 Å². The van der Waals surface area contributed by atoms with Crippen LogP contribution in [0.5, 0.6) is 5.75 Å².